The van der Waals surface area contributed by atoms with Crippen molar-refractivity contribution in [3.8, 4) is 11.3 Å². The first-order valence-corrected chi connectivity index (χ1v) is 12.4. The molecule has 0 spiro atoms. The minimum atomic E-state index is -1.58. The Morgan fingerprint density at radius 1 is 1.16 bits per heavy atom. The van der Waals surface area contributed by atoms with Gasteiger partial charge in [-0.3, -0.25) is 0 Å². The zero-order valence-electron chi connectivity index (χ0n) is 20.3. The summed E-state index contributed by atoms with van der Waals surface area (Å²) >= 11 is 0. The number of nitrogens with one attached hydrogen (secondary N) is 1. The number of methoxy groups -OCH3 is 1. The molecule has 2 aromatic rings. The summed E-state index contributed by atoms with van der Waals surface area (Å²) in [5.74, 6) is -3.90. The van der Waals surface area contributed by atoms with Crippen molar-refractivity contribution in [2.75, 3.05) is 26.8 Å². The molecule has 6 atom stereocenters. The zero-order chi connectivity index (χ0) is 26.1. The standard InChI is InChI=1S/C24H30F3N5O5/c1-35-24-19(9-14-8-17(30-37-14)12-2-4-28-5-3-12)36-20(11-33)23(34)22(24)32-10-18(29-31-32)13-6-15(25)21(27)16(26)7-13/h6-7,10,12,14,19-20,22-24,28,33-34H,2-5,8-9,11H2,1H3/t14?,19-,20-,22+,23+,24+/m1/s1. The summed E-state index contributed by atoms with van der Waals surface area (Å²) in [6.45, 7) is 1.43. The van der Waals surface area contributed by atoms with Crippen molar-refractivity contribution in [2.24, 2.45) is 11.1 Å². The van der Waals surface area contributed by atoms with E-state index in [4.69, 9.17) is 14.3 Å². The molecule has 3 N–H and O–H groups in total. The summed E-state index contributed by atoms with van der Waals surface area (Å²) in [6.07, 6.45) is 0.720. The number of oxime groups is 1. The SMILES string of the molecule is CO[C@@H]1[C@@H](n2cc(-c3cc(F)c(F)c(F)c3)nn2)[C@@H](O)[C@@H](CO)O[C@@H]1CC1CC(C2CCNCC2)=NO1. The number of hydrogen-bond acceptors (Lipinski definition) is 9. The molecule has 13 heteroatoms. The van der Waals surface area contributed by atoms with Gasteiger partial charge in [0.05, 0.1) is 24.6 Å². The van der Waals surface area contributed by atoms with Crippen LogP contribution in [0.1, 0.15) is 31.7 Å². The maximum atomic E-state index is 13.8. The lowest BCUT2D eigenvalue weighted by atomic mass is 9.87. The van der Waals surface area contributed by atoms with Crippen LogP contribution >= 0.6 is 0 Å². The van der Waals surface area contributed by atoms with Crippen LogP contribution in [-0.4, -0.2) is 88.2 Å². The van der Waals surface area contributed by atoms with Crippen LogP contribution in [0.4, 0.5) is 13.2 Å². The summed E-state index contributed by atoms with van der Waals surface area (Å²) in [6, 6.07) is 0.790. The predicted octanol–water partition coefficient (Wildman–Crippen LogP) is 1.57. The quantitative estimate of drug-likeness (QED) is 0.466. The predicted molar refractivity (Wildman–Crippen MR) is 124 cm³/mol. The van der Waals surface area contributed by atoms with Crippen LogP contribution in [0.15, 0.2) is 23.5 Å². The van der Waals surface area contributed by atoms with Crippen LogP contribution in [0, 0.1) is 23.4 Å². The van der Waals surface area contributed by atoms with Gasteiger partial charge in [-0.25, -0.2) is 17.9 Å². The van der Waals surface area contributed by atoms with Crippen LogP contribution in [0.2, 0.25) is 0 Å². The van der Waals surface area contributed by atoms with Crippen LogP contribution in [0.3, 0.4) is 0 Å². The molecule has 202 valence electrons. The number of rotatable bonds is 7. The minimum absolute atomic E-state index is 0.0182. The number of ether oxygens (including phenoxy) is 2. The summed E-state index contributed by atoms with van der Waals surface area (Å²) in [4.78, 5) is 5.72. The highest BCUT2D eigenvalue weighted by Gasteiger charge is 2.48. The van der Waals surface area contributed by atoms with Crippen LogP contribution in [0.25, 0.3) is 11.3 Å². The zero-order valence-corrected chi connectivity index (χ0v) is 20.3. The van der Waals surface area contributed by atoms with Gasteiger partial charge in [-0.2, -0.15) is 0 Å². The van der Waals surface area contributed by atoms with Gasteiger partial charge >= 0.3 is 0 Å². The molecule has 0 amide bonds. The van der Waals surface area contributed by atoms with E-state index in [1.54, 1.807) is 0 Å². The fraction of sp³-hybridized carbons (Fsp3) is 0.625. The third-order valence-corrected chi connectivity index (χ3v) is 7.39. The van der Waals surface area contributed by atoms with Crippen molar-refractivity contribution in [3.05, 3.63) is 35.8 Å². The molecule has 5 rings (SSSR count). The number of aromatic nitrogens is 3. The number of hydrogen-bond donors (Lipinski definition) is 3. The van der Waals surface area contributed by atoms with Crippen LogP contribution in [0.5, 0.6) is 0 Å². The molecular weight excluding hydrogens is 495 g/mol. The van der Waals surface area contributed by atoms with Gasteiger partial charge in [0, 0.05) is 31.4 Å². The second kappa shape index (κ2) is 11.0. The Hall–Kier alpha value is -2.58. The molecular formula is C24H30F3N5O5. The maximum Gasteiger partial charge on any atom is 0.194 e. The van der Waals surface area contributed by atoms with E-state index in [0.717, 1.165) is 43.8 Å². The van der Waals surface area contributed by atoms with Gasteiger partial charge in [0.2, 0.25) is 0 Å². The van der Waals surface area contributed by atoms with E-state index >= 15 is 0 Å². The van der Waals surface area contributed by atoms with E-state index in [2.05, 4.69) is 20.8 Å². The lowest BCUT2D eigenvalue weighted by molar-refractivity contribution is -0.219. The summed E-state index contributed by atoms with van der Waals surface area (Å²) in [7, 11) is 1.47. The molecule has 2 fully saturated rings. The fourth-order valence-electron chi connectivity index (χ4n) is 5.45. The first-order chi connectivity index (χ1) is 17.9. The maximum absolute atomic E-state index is 13.8. The number of benzene rings is 1. The van der Waals surface area contributed by atoms with E-state index in [0.29, 0.717) is 18.8 Å². The number of aliphatic hydroxyl groups excluding tert-OH is 2. The molecule has 1 unspecified atom stereocenters. The molecule has 0 bridgehead atoms. The van der Waals surface area contributed by atoms with E-state index in [-0.39, 0.29) is 17.4 Å². The van der Waals surface area contributed by atoms with Crippen LogP contribution in [-0.2, 0) is 14.3 Å². The van der Waals surface area contributed by atoms with E-state index in [9.17, 15) is 23.4 Å². The summed E-state index contributed by atoms with van der Waals surface area (Å²) < 4.78 is 54.0. The minimum Gasteiger partial charge on any atom is -0.394 e. The average molecular weight is 526 g/mol. The molecule has 4 heterocycles. The monoisotopic (exact) mass is 525 g/mol. The number of nitrogens with zero attached hydrogens (tertiary/aromatic N) is 4. The normalized spacial score (nSPS) is 30.8. The summed E-state index contributed by atoms with van der Waals surface area (Å²) in [5, 5.41) is 36.6. The second-order valence-corrected chi connectivity index (χ2v) is 9.69. The third-order valence-electron chi connectivity index (χ3n) is 7.39. The molecule has 10 nitrogen and oxygen atoms in total. The molecule has 1 aromatic carbocycles. The molecule has 2 saturated heterocycles. The summed E-state index contributed by atoms with van der Waals surface area (Å²) in [5.41, 5.74) is 1.09. The van der Waals surface area contributed by atoms with Gasteiger partial charge in [0.15, 0.2) is 17.5 Å². The number of aliphatic hydroxyl groups is 2. The van der Waals surface area contributed by atoms with Gasteiger partial charge in [-0.1, -0.05) is 10.4 Å². The Labute approximate surface area is 211 Å². The largest absolute Gasteiger partial charge is 0.394 e. The van der Waals surface area contributed by atoms with Gasteiger partial charge in [0.25, 0.3) is 0 Å². The first-order valence-electron chi connectivity index (χ1n) is 12.4. The number of piperidine rings is 1. The Bertz CT molecular complexity index is 1100. The molecule has 0 aliphatic carbocycles. The van der Waals surface area contributed by atoms with Crippen molar-refractivity contribution in [1.29, 1.82) is 0 Å². The second-order valence-electron chi connectivity index (χ2n) is 9.69. The number of halogens is 3. The molecule has 37 heavy (non-hydrogen) atoms. The fourth-order valence-corrected chi connectivity index (χ4v) is 5.45. The average Bonchev–Trinajstić information content (AvgIpc) is 3.58. The highest BCUT2D eigenvalue weighted by atomic mass is 19.2. The molecule has 0 saturated carbocycles. The van der Waals surface area contributed by atoms with Crippen molar-refractivity contribution in [2.45, 2.75) is 62.2 Å². The topological polar surface area (TPSA) is 123 Å². The first kappa shape index (κ1) is 26.0. The van der Waals surface area contributed by atoms with Crippen molar-refractivity contribution in [1.82, 2.24) is 20.3 Å². The van der Waals surface area contributed by atoms with Gasteiger partial charge in [-0.05, 0) is 38.1 Å². The molecule has 3 aliphatic rings. The lowest BCUT2D eigenvalue weighted by Crippen LogP contribution is -2.57. The molecule has 1 aromatic heterocycles. The third kappa shape index (κ3) is 5.23. The lowest BCUT2D eigenvalue weighted by Gasteiger charge is -2.44. The van der Waals surface area contributed by atoms with Gasteiger partial charge in [-0.15, -0.1) is 5.10 Å². The molecule has 0 radical (unpaired) electrons. The van der Waals surface area contributed by atoms with Gasteiger partial charge < -0.3 is 29.8 Å². The van der Waals surface area contributed by atoms with Crippen molar-refractivity contribution < 1.29 is 37.7 Å². The Morgan fingerprint density at radius 2 is 1.89 bits per heavy atom. The van der Waals surface area contributed by atoms with Crippen molar-refractivity contribution >= 4 is 5.71 Å². The highest BCUT2D eigenvalue weighted by Crippen LogP contribution is 2.36. The Balaban J connectivity index is 1.34. The van der Waals surface area contributed by atoms with Crippen molar-refractivity contribution in [3.63, 3.8) is 0 Å². The van der Waals surface area contributed by atoms with E-state index < -0.39 is 54.5 Å². The molecule has 3 aliphatic heterocycles. The smallest absolute Gasteiger partial charge is 0.194 e. The van der Waals surface area contributed by atoms with Gasteiger partial charge in [0.1, 0.15) is 36.2 Å². The van der Waals surface area contributed by atoms with E-state index in [1.165, 1.54) is 18.0 Å². The van der Waals surface area contributed by atoms with Crippen LogP contribution < -0.4 is 5.32 Å². The highest BCUT2D eigenvalue weighted by molar-refractivity contribution is 5.87. The Morgan fingerprint density at radius 3 is 2.57 bits per heavy atom. The van der Waals surface area contributed by atoms with E-state index in [1.807, 2.05) is 0 Å². The Kier molecular flexibility index (Phi) is 7.77.